The van der Waals surface area contributed by atoms with Crippen LogP contribution in [0.25, 0.3) is 0 Å². The number of carbonyl (C=O) groups excluding carboxylic acids is 1. The molecule has 0 bridgehead atoms. The van der Waals surface area contributed by atoms with E-state index in [4.69, 9.17) is 14.7 Å². The second-order valence-corrected chi connectivity index (χ2v) is 6.04. The Labute approximate surface area is 136 Å². The van der Waals surface area contributed by atoms with E-state index in [0.717, 1.165) is 17.8 Å². The number of hydrogen-bond donors (Lipinski definition) is 1. The van der Waals surface area contributed by atoms with E-state index in [1.54, 1.807) is 18.2 Å². The number of ether oxygens (including phenoxy) is 2. The van der Waals surface area contributed by atoms with Gasteiger partial charge in [-0.2, -0.15) is 5.26 Å². The number of nitrogens with zero attached hydrogens (tertiary/aromatic N) is 3. The van der Waals surface area contributed by atoms with Gasteiger partial charge in [-0.3, -0.25) is 10.1 Å². The fourth-order valence-electron chi connectivity index (χ4n) is 1.94. The summed E-state index contributed by atoms with van der Waals surface area (Å²) in [4.78, 5) is 11.9. The SMILES string of the molecule is COc1cc(C#N)ccc1OCC(=O)Nc1nnc(C2CC2)s1. The number of nitrogens with one attached hydrogen (secondary N) is 1. The van der Waals surface area contributed by atoms with Gasteiger partial charge >= 0.3 is 0 Å². The van der Waals surface area contributed by atoms with Gasteiger partial charge in [-0.05, 0) is 25.0 Å². The zero-order valence-corrected chi connectivity index (χ0v) is 13.2. The minimum atomic E-state index is -0.324. The monoisotopic (exact) mass is 330 g/mol. The molecule has 1 aliphatic rings. The van der Waals surface area contributed by atoms with E-state index in [-0.39, 0.29) is 12.5 Å². The number of benzene rings is 1. The lowest BCUT2D eigenvalue weighted by Crippen LogP contribution is -2.20. The molecule has 1 fully saturated rings. The standard InChI is InChI=1S/C15H14N4O3S/c1-21-12-6-9(7-16)2-5-11(12)22-8-13(20)17-15-19-18-14(23-15)10-3-4-10/h2,5-6,10H,3-4,8H2,1H3,(H,17,19,20). The molecule has 1 aliphatic carbocycles. The molecule has 1 aromatic heterocycles. The van der Waals surface area contributed by atoms with E-state index >= 15 is 0 Å². The van der Waals surface area contributed by atoms with Gasteiger partial charge in [0.05, 0.1) is 18.7 Å². The lowest BCUT2D eigenvalue weighted by molar-refractivity contribution is -0.118. The molecule has 3 rings (SSSR count). The van der Waals surface area contributed by atoms with Crippen molar-refractivity contribution in [3.63, 3.8) is 0 Å². The van der Waals surface area contributed by atoms with Crippen LogP contribution in [-0.2, 0) is 4.79 Å². The van der Waals surface area contributed by atoms with Crippen molar-refractivity contribution < 1.29 is 14.3 Å². The molecular formula is C15H14N4O3S. The van der Waals surface area contributed by atoms with Gasteiger partial charge < -0.3 is 9.47 Å². The van der Waals surface area contributed by atoms with Crippen molar-refractivity contribution in [1.29, 1.82) is 5.26 Å². The predicted molar refractivity (Wildman–Crippen MR) is 83.7 cm³/mol. The number of methoxy groups -OCH3 is 1. The third-order valence-electron chi connectivity index (χ3n) is 3.27. The normalized spacial score (nSPS) is 13.2. The molecular weight excluding hydrogens is 316 g/mol. The van der Waals surface area contributed by atoms with Crippen LogP contribution in [0, 0.1) is 11.3 Å². The Morgan fingerprint density at radius 1 is 1.43 bits per heavy atom. The van der Waals surface area contributed by atoms with Gasteiger partial charge in [0, 0.05) is 12.0 Å². The molecule has 23 heavy (non-hydrogen) atoms. The number of rotatable bonds is 6. The molecule has 1 amide bonds. The van der Waals surface area contributed by atoms with Crippen LogP contribution in [0.15, 0.2) is 18.2 Å². The zero-order valence-electron chi connectivity index (χ0n) is 12.4. The highest BCUT2D eigenvalue weighted by molar-refractivity contribution is 7.15. The van der Waals surface area contributed by atoms with Gasteiger partial charge in [-0.25, -0.2) is 0 Å². The third-order valence-corrected chi connectivity index (χ3v) is 4.27. The number of aromatic nitrogens is 2. The molecule has 1 saturated carbocycles. The van der Waals surface area contributed by atoms with Crippen molar-refractivity contribution in [2.75, 3.05) is 19.0 Å². The smallest absolute Gasteiger partial charge is 0.264 e. The lowest BCUT2D eigenvalue weighted by Gasteiger charge is -2.10. The molecule has 0 saturated heterocycles. The van der Waals surface area contributed by atoms with Crippen LogP contribution in [0.3, 0.4) is 0 Å². The van der Waals surface area contributed by atoms with E-state index < -0.39 is 0 Å². The van der Waals surface area contributed by atoms with Crippen LogP contribution in [0.5, 0.6) is 11.5 Å². The minimum Gasteiger partial charge on any atom is -0.493 e. The molecule has 7 nitrogen and oxygen atoms in total. The van der Waals surface area contributed by atoms with E-state index in [2.05, 4.69) is 15.5 Å². The second-order valence-electron chi connectivity index (χ2n) is 5.03. The largest absolute Gasteiger partial charge is 0.493 e. The van der Waals surface area contributed by atoms with E-state index in [1.807, 2.05) is 6.07 Å². The zero-order chi connectivity index (χ0) is 16.2. The molecule has 0 spiro atoms. The summed E-state index contributed by atoms with van der Waals surface area (Å²) in [5, 5.41) is 21.0. The first-order chi connectivity index (χ1) is 11.2. The van der Waals surface area contributed by atoms with E-state index in [0.29, 0.717) is 28.1 Å². The summed E-state index contributed by atoms with van der Waals surface area (Å²) in [6.07, 6.45) is 2.29. The Balaban J connectivity index is 1.56. The summed E-state index contributed by atoms with van der Waals surface area (Å²) < 4.78 is 10.6. The molecule has 2 aromatic rings. The molecule has 1 aromatic carbocycles. The van der Waals surface area contributed by atoms with Gasteiger partial charge in [0.15, 0.2) is 18.1 Å². The topological polar surface area (TPSA) is 97.1 Å². The quantitative estimate of drug-likeness (QED) is 0.873. The average Bonchev–Trinajstić information content (AvgIpc) is 3.32. The van der Waals surface area contributed by atoms with Gasteiger partial charge in [0.2, 0.25) is 5.13 Å². The van der Waals surface area contributed by atoms with Crippen LogP contribution < -0.4 is 14.8 Å². The first-order valence-electron chi connectivity index (χ1n) is 7.04. The Bertz CT molecular complexity index is 764. The van der Waals surface area contributed by atoms with Gasteiger partial charge in [-0.15, -0.1) is 10.2 Å². The number of carbonyl (C=O) groups is 1. The Morgan fingerprint density at radius 2 is 2.26 bits per heavy atom. The third kappa shape index (κ3) is 3.76. The van der Waals surface area contributed by atoms with E-state index in [1.165, 1.54) is 18.4 Å². The Morgan fingerprint density at radius 3 is 2.96 bits per heavy atom. The fraction of sp³-hybridized carbons (Fsp3) is 0.333. The van der Waals surface area contributed by atoms with Crippen LogP contribution in [0.4, 0.5) is 5.13 Å². The van der Waals surface area contributed by atoms with Crippen LogP contribution in [0.1, 0.15) is 29.3 Å². The maximum absolute atomic E-state index is 11.9. The highest BCUT2D eigenvalue weighted by atomic mass is 32.1. The van der Waals surface area contributed by atoms with Crippen molar-refractivity contribution in [2.24, 2.45) is 0 Å². The summed E-state index contributed by atoms with van der Waals surface area (Å²) in [5.41, 5.74) is 0.458. The predicted octanol–water partition coefficient (Wildman–Crippen LogP) is 2.31. The molecule has 8 heteroatoms. The molecule has 1 N–H and O–H groups in total. The minimum absolute atomic E-state index is 0.180. The highest BCUT2D eigenvalue weighted by Crippen LogP contribution is 2.42. The Hall–Kier alpha value is -2.66. The fourth-order valence-corrected chi connectivity index (χ4v) is 2.86. The maximum atomic E-state index is 11.9. The van der Waals surface area contributed by atoms with Gasteiger partial charge in [-0.1, -0.05) is 11.3 Å². The first-order valence-corrected chi connectivity index (χ1v) is 7.85. The van der Waals surface area contributed by atoms with Crippen LogP contribution in [0.2, 0.25) is 0 Å². The van der Waals surface area contributed by atoms with Crippen molar-refractivity contribution in [3.8, 4) is 17.6 Å². The second kappa shape index (κ2) is 6.62. The first kappa shape index (κ1) is 15.2. The Kier molecular flexibility index (Phi) is 4.39. The number of hydrogen-bond acceptors (Lipinski definition) is 7. The molecule has 0 unspecified atom stereocenters. The lowest BCUT2D eigenvalue weighted by atomic mass is 10.2. The summed E-state index contributed by atoms with van der Waals surface area (Å²) in [5.74, 6) is 0.994. The summed E-state index contributed by atoms with van der Waals surface area (Å²) in [6.45, 7) is -0.180. The van der Waals surface area contributed by atoms with E-state index in [9.17, 15) is 4.79 Å². The van der Waals surface area contributed by atoms with Crippen LogP contribution >= 0.6 is 11.3 Å². The number of nitriles is 1. The van der Waals surface area contributed by atoms with Crippen LogP contribution in [-0.4, -0.2) is 29.8 Å². The maximum Gasteiger partial charge on any atom is 0.264 e. The molecule has 0 atom stereocenters. The summed E-state index contributed by atoms with van der Waals surface area (Å²) >= 11 is 1.40. The summed E-state index contributed by atoms with van der Waals surface area (Å²) in [7, 11) is 1.48. The van der Waals surface area contributed by atoms with Gasteiger partial charge in [0.25, 0.3) is 5.91 Å². The summed E-state index contributed by atoms with van der Waals surface area (Å²) in [6, 6.07) is 6.77. The van der Waals surface area contributed by atoms with Crippen molar-refractivity contribution in [3.05, 3.63) is 28.8 Å². The average molecular weight is 330 g/mol. The highest BCUT2D eigenvalue weighted by Gasteiger charge is 2.27. The van der Waals surface area contributed by atoms with Crippen molar-refractivity contribution in [1.82, 2.24) is 10.2 Å². The molecule has 1 heterocycles. The number of anilines is 1. The van der Waals surface area contributed by atoms with Crippen molar-refractivity contribution >= 4 is 22.4 Å². The molecule has 0 radical (unpaired) electrons. The van der Waals surface area contributed by atoms with Gasteiger partial charge in [0.1, 0.15) is 5.01 Å². The molecule has 0 aliphatic heterocycles. The number of amides is 1. The molecule has 118 valence electrons. The van der Waals surface area contributed by atoms with Crippen molar-refractivity contribution in [2.45, 2.75) is 18.8 Å².